The van der Waals surface area contributed by atoms with Gasteiger partial charge >= 0.3 is 12.2 Å². The summed E-state index contributed by atoms with van der Waals surface area (Å²) in [6, 6.07) is 10.3. The zero-order valence-electron chi connectivity index (χ0n) is 17.2. The van der Waals surface area contributed by atoms with Gasteiger partial charge in [-0.15, -0.1) is 11.3 Å². The van der Waals surface area contributed by atoms with Gasteiger partial charge < -0.3 is 10.2 Å². The Balaban J connectivity index is 1.35. The smallest absolute Gasteiger partial charge is 0.324 e. The van der Waals surface area contributed by atoms with Gasteiger partial charge in [-0.2, -0.15) is 13.2 Å². The monoisotopic (exact) mass is 463 g/mol. The summed E-state index contributed by atoms with van der Waals surface area (Å²) in [6.45, 7) is 3.05. The van der Waals surface area contributed by atoms with E-state index in [4.69, 9.17) is 4.98 Å². The molecular weight excluding hydrogens is 442 g/mol. The van der Waals surface area contributed by atoms with Crippen LogP contribution in [-0.2, 0) is 6.18 Å². The van der Waals surface area contributed by atoms with Crippen molar-refractivity contribution in [3.63, 3.8) is 0 Å². The van der Waals surface area contributed by atoms with E-state index in [1.54, 1.807) is 28.4 Å². The van der Waals surface area contributed by atoms with Crippen molar-refractivity contribution < 1.29 is 22.4 Å². The molecule has 2 amide bonds. The number of nitrogens with one attached hydrogen (secondary N) is 1. The van der Waals surface area contributed by atoms with E-state index in [9.17, 15) is 22.4 Å². The van der Waals surface area contributed by atoms with Crippen LogP contribution in [0.2, 0.25) is 0 Å². The van der Waals surface area contributed by atoms with Crippen molar-refractivity contribution in [1.82, 2.24) is 9.88 Å². The molecule has 2 aromatic carbocycles. The van der Waals surface area contributed by atoms with Gasteiger partial charge in [0, 0.05) is 35.1 Å². The number of carbonyl (C=O) groups excluding carboxylic acids is 1. The maximum absolute atomic E-state index is 13.2. The summed E-state index contributed by atoms with van der Waals surface area (Å²) in [5, 5.41) is 3.66. The Bertz CT molecular complexity index is 1090. The van der Waals surface area contributed by atoms with Crippen molar-refractivity contribution in [2.75, 3.05) is 18.4 Å². The number of carbonyl (C=O) groups is 1. The van der Waals surface area contributed by atoms with Crippen LogP contribution in [0.15, 0.2) is 48.5 Å². The number of halogens is 4. The number of piperidine rings is 1. The fourth-order valence-corrected chi connectivity index (χ4v) is 4.85. The molecule has 4 rings (SSSR count). The van der Waals surface area contributed by atoms with Gasteiger partial charge in [-0.25, -0.2) is 14.2 Å². The van der Waals surface area contributed by atoms with Crippen LogP contribution in [0.25, 0.3) is 11.3 Å². The molecule has 0 unspecified atom stereocenters. The van der Waals surface area contributed by atoms with E-state index in [1.165, 1.54) is 24.3 Å². The Morgan fingerprint density at radius 3 is 2.28 bits per heavy atom. The first-order valence-corrected chi connectivity index (χ1v) is 11.0. The minimum atomic E-state index is -4.41. The molecular formula is C23H21F4N3OS. The lowest BCUT2D eigenvalue weighted by atomic mass is 9.97. The quantitative estimate of drug-likeness (QED) is 0.440. The fourth-order valence-electron chi connectivity index (χ4n) is 3.74. The van der Waals surface area contributed by atoms with Gasteiger partial charge in [-0.1, -0.05) is 0 Å². The third-order valence-electron chi connectivity index (χ3n) is 5.53. The van der Waals surface area contributed by atoms with E-state index >= 15 is 0 Å². The number of aryl methyl sites for hydroxylation is 1. The summed E-state index contributed by atoms with van der Waals surface area (Å²) in [7, 11) is 0. The summed E-state index contributed by atoms with van der Waals surface area (Å²) >= 11 is 1.62. The second kappa shape index (κ2) is 8.90. The maximum Gasteiger partial charge on any atom is 0.416 e. The van der Waals surface area contributed by atoms with Gasteiger partial charge in [0.25, 0.3) is 0 Å². The lowest BCUT2D eigenvalue weighted by Gasteiger charge is -2.31. The van der Waals surface area contributed by atoms with Crippen LogP contribution >= 0.6 is 11.3 Å². The molecule has 168 valence electrons. The molecule has 1 aliphatic heterocycles. The first-order valence-electron chi connectivity index (χ1n) is 10.2. The number of likely N-dealkylation sites (tertiary alicyclic amines) is 1. The average molecular weight is 464 g/mol. The van der Waals surface area contributed by atoms with Crippen molar-refractivity contribution >= 4 is 23.1 Å². The lowest BCUT2D eigenvalue weighted by Crippen LogP contribution is -2.40. The maximum atomic E-state index is 13.2. The number of aromatic nitrogens is 1. The molecule has 9 heteroatoms. The number of hydrogen-bond acceptors (Lipinski definition) is 3. The van der Waals surface area contributed by atoms with Gasteiger partial charge in [0.1, 0.15) is 5.82 Å². The molecule has 0 atom stereocenters. The largest absolute Gasteiger partial charge is 0.416 e. The standard InChI is InChI=1S/C23H21F4N3OS/c1-14-20(15-2-6-18(24)7-3-15)29-21(32-14)16-10-12-30(13-11-16)22(31)28-19-8-4-17(5-9-19)23(25,26)27/h2-9,16H,10-13H2,1H3,(H,28,31). The Labute approximate surface area is 186 Å². The topological polar surface area (TPSA) is 45.2 Å². The van der Waals surface area contributed by atoms with E-state index in [0.29, 0.717) is 18.8 Å². The van der Waals surface area contributed by atoms with Crippen molar-refractivity contribution in [1.29, 1.82) is 0 Å². The van der Waals surface area contributed by atoms with E-state index in [0.717, 1.165) is 46.1 Å². The number of alkyl halides is 3. The number of anilines is 1. The molecule has 1 N–H and O–H groups in total. The average Bonchev–Trinajstić information content (AvgIpc) is 3.16. The first kappa shape index (κ1) is 22.3. The third-order valence-corrected chi connectivity index (χ3v) is 6.66. The van der Waals surface area contributed by atoms with Gasteiger partial charge in [-0.3, -0.25) is 0 Å². The molecule has 0 saturated carbocycles. The van der Waals surface area contributed by atoms with Crippen molar-refractivity contribution in [3.8, 4) is 11.3 Å². The third kappa shape index (κ3) is 4.93. The molecule has 4 nitrogen and oxygen atoms in total. The van der Waals surface area contributed by atoms with Gasteiger partial charge in [0.05, 0.1) is 16.3 Å². The number of rotatable bonds is 3. The van der Waals surface area contributed by atoms with Crippen LogP contribution in [-0.4, -0.2) is 29.0 Å². The van der Waals surface area contributed by atoms with Gasteiger partial charge in [-0.05, 0) is 68.3 Å². The highest BCUT2D eigenvalue weighted by Gasteiger charge is 2.30. The molecule has 0 aliphatic carbocycles. The van der Waals surface area contributed by atoms with E-state index in [1.807, 2.05) is 6.92 Å². The molecule has 2 heterocycles. The van der Waals surface area contributed by atoms with Crippen LogP contribution in [0.1, 0.15) is 34.2 Å². The van der Waals surface area contributed by atoms with E-state index in [2.05, 4.69) is 5.32 Å². The zero-order chi connectivity index (χ0) is 22.9. The molecule has 0 bridgehead atoms. The molecule has 0 spiro atoms. The van der Waals surface area contributed by atoms with Gasteiger partial charge in [0.2, 0.25) is 0 Å². The Hall–Kier alpha value is -2.94. The number of nitrogens with zero attached hydrogens (tertiary/aromatic N) is 2. The first-order chi connectivity index (χ1) is 15.2. The molecule has 1 saturated heterocycles. The predicted octanol–water partition coefficient (Wildman–Crippen LogP) is 6.69. The van der Waals surface area contributed by atoms with E-state index < -0.39 is 11.7 Å². The molecule has 1 aromatic heterocycles. The van der Waals surface area contributed by atoms with Crippen molar-refractivity contribution in [3.05, 3.63) is 69.8 Å². The van der Waals surface area contributed by atoms with Crippen LogP contribution in [0, 0.1) is 12.7 Å². The number of urea groups is 1. The Morgan fingerprint density at radius 1 is 1.06 bits per heavy atom. The van der Waals surface area contributed by atoms with Crippen LogP contribution in [0.3, 0.4) is 0 Å². The minimum Gasteiger partial charge on any atom is -0.324 e. The van der Waals surface area contributed by atoms with Crippen molar-refractivity contribution in [2.24, 2.45) is 0 Å². The molecule has 3 aromatic rings. The molecule has 32 heavy (non-hydrogen) atoms. The van der Waals surface area contributed by atoms with Crippen LogP contribution < -0.4 is 5.32 Å². The lowest BCUT2D eigenvalue weighted by molar-refractivity contribution is -0.137. The number of thiazole rings is 1. The second-order valence-electron chi connectivity index (χ2n) is 7.73. The van der Waals surface area contributed by atoms with Crippen molar-refractivity contribution in [2.45, 2.75) is 31.9 Å². The van der Waals surface area contributed by atoms with Crippen LogP contribution in [0.5, 0.6) is 0 Å². The zero-order valence-corrected chi connectivity index (χ0v) is 18.1. The number of amides is 2. The number of hydrogen-bond donors (Lipinski definition) is 1. The highest BCUT2D eigenvalue weighted by Crippen LogP contribution is 2.36. The highest BCUT2D eigenvalue weighted by atomic mass is 32.1. The summed E-state index contributed by atoms with van der Waals surface area (Å²) < 4.78 is 51.2. The predicted molar refractivity (Wildman–Crippen MR) is 116 cm³/mol. The van der Waals surface area contributed by atoms with Crippen LogP contribution in [0.4, 0.5) is 28.0 Å². The normalized spacial score (nSPS) is 15.1. The molecule has 1 aliphatic rings. The second-order valence-corrected chi connectivity index (χ2v) is 8.97. The Morgan fingerprint density at radius 2 is 1.69 bits per heavy atom. The molecule has 0 radical (unpaired) electrons. The Kier molecular flexibility index (Phi) is 6.19. The summed E-state index contributed by atoms with van der Waals surface area (Å²) in [4.78, 5) is 20.0. The summed E-state index contributed by atoms with van der Waals surface area (Å²) in [5.74, 6) is -0.0631. The number of benzene rings is 2. The summed E-state index contributed by atoms with van der Waals surface area (Å²) in [6.07, 6.45) is -2.92. The van der Waals surface area contributed by atoms with E-state index in [-0.39, 0.29) is 17.8 Å². The minimum absolute atomic E-state index is 0.225. The molecule has 1 fully saturated rings. The summed E-state index contributed by atoms with van der Waals surface area (Å²) in [5.41, 5.74) is 1.30. The highest BCUT2D eigenvalue weighted by molar-refractivity contribution is 7.12. The van der Waals surface area contributed by atoms with Gasteiger partial charge in [0.15, 0.2) is 0 Å². The fraction of sp³-hybridized carbons (Fsp3) is 0.304. The SMILES string of the molecule is Cc1sc(C2CCN(C(=O)Nc3ccc(C(F)(F)F)cc3)CC2)nc1-c1ccc(F)cc1.